The zero-order valence-corrected chi connectivity index (χ0v) is 23.4. The number of carbonyl (C=O) groups excluding carboxylic acids is 1. The van der Waals surface area contributed by atoms with Gasteiger partial charge >= 0.3 is 11.7 Å². The molecule has 0 fully saturated rings. The molecule has 1 amide bonds. The van der Waals surface area contributed by atoms with Crippen LogP contribution in [0.15, 0.2) is 58.1 Å². The minimum atomic E-state index is -0.995. The molecule has 40 heavy (non-hydrogen) atoms. The number of aromatic amines is 1. The molecule has 2 aromatic heterocycles. The van der Waals surface area contributed by atoms with Crippen molar-refractivity contribution in [3.63, 3.8) is 0 Å². The molecule has 0 spiro atoms. The number of fused-ring (bicyclic) bond motifs is 2. The third kappa shape index (κ3) is 6.25. The van der Waals surface area contributed by atoms with Gasteiger partial charge in [0.1, 0.15) is 0 Å². The molecule has 0 saturated carbocycles. The lowest BCUT2D eigenvalue weighted by Crippen LogP contribution is -2.42. The molecule has 2 heterocycles. The second kappa shape index (κ2) is 11.8. The first-order chi connectivity index (χ1) is 19.0. The second-order valence-corrected chi connectivity index (χ2v) is 11.0. The van der Waals surface area contributed by atoms with Crippen LogP contribution in [-0.2, 0) is 17.9 Å². The topological polar surface area (TPSA) is 126 Å². The molecule has 2 aromatic carbocycles. The Morgan fingerprint density at radius 1 is 1.05 bits per heavy atom. The van der Waals surface area contributed by atoms with Crippen molar-refractivity contribution in [2.45, 2.75) is 72.0 Å². The number of nitrogens with zero attached hydrogens (tertiary/aromatic N) is 2. The lowest BCUT2D eigenvalue weighted by molar-refractivity contribution is -0.137. The fraction of sp³-hybridized carbons (Fsp3) is 0.355. The van der Waals surface area contributed by atoms with Crippen molar-refractivity contribution >= 4 is 39.8 Å². The number of H-pyrrole nitrogens is 1. The van der Waals surface area contributed by atoms with E-state index in [9.17, 15) is 19.2 Å². The highest BCUT2D eigenvalue weighted by Gasteiger charge is 2.24. The quantitative estimate of drug-likeness (QED) is 0.262. The summed E-state index contributed by atoms with van der Waals surface area (Å²) in [6, 6.07) is 12.8. The first-order valence-corrected chi connectivity index (χ1v) is 13.6. The maximum Gasteiger partial charge on any atom is 0.331 e. The molecule has 0 radical (unpaired) electrons. The fourth-order valence-electron chi connectivity index (χ4n) is 4.81. The van der Waals surface area contributed by atoms with Gasteiger partial charge in [0, 0.05) is 35.1 Å². The fourth-order valence-corrected chi connectivity index (χ4v) is 4.81. The molecule has 0 unspecified atom stereocenters. The molecule has 4 aromatic rings. The summed E-state index contributed by atoms with van der Waals surface area (Å²) in [6.07, 6.45) is 5.85. The van der Waals surface area contributed by atoms with Gasteiger partial charge in [-0.2, -0.15) is 0 Å². The van der Waals surface area contributed by atoms with Crippen molar-refractivity contribution in [3.8, 4) is 0 Å². The summed E-state index contributed by atoms with van der Waals surface area (Å²) < 4.78 is 2.58. The molecule has 4 rings (SSSR count). The standard InChI is InChI=1S/C31H36N4O5/c1-5-6-7-11-20-15-16-25-22(18-20)29(39)34(17-10-14-26(36)37)30(40)35(25)19-24-27(28(38)33-31(2,3)4)21-12-8-9-13-23(21)32-24/h7-9,11-13,15-16,18,32H,5-6,10,14,17,19H2,1-4H3,(H,33,38)(H,36,37). The van der Waals surface area contributed by atoms with E-state index < -0.39 is 22.8 Å². The molecule has 0 bridgehead atoms. The number of rotatable bonds is 10. The summed E-state index contributed by atoms with van der Waals surface area (Å²) >= 11 is 0. The number of carbonyl (C=O) groups is 2. The molecular formula is C31H36N4O5. The smallest absolute Gasteiger partial charge is 0.331 e. The number of hydrogen-bond donors (Lipinski definition) is 3. The zero-order valence-electron chi connectivity index (χ0n) is 23.4. The summed E-state index contributed by atoms with van der Waals surface area (Å²) in [5.41, 5.74) is 1.51. The maximum atomic E-state index is 13.8. The van der Waals surface area contributed by atoms with Gasteiger partial charge in [-0.05, 0) is 57.4 Å². The summed E-state index contributed by atoms with van der Waals surface area (Å²) in [5.74, 6) is -1.26. The number of carboxylic acid groups (broad SMARTS) is 1. The summed E-state index contributed by atoms with van der Waals surface area (Å²) in [6.45, 7) is 7.77. The van der Waals surface area contributed by atoms with Crippen LogP contribution in [0.25, 0.3) is 27.9 Å². The molecule has 0 aliphatic heterocycles. The van der Waals surface area contributed by atoms with E-state index in [2.05, 4.69) is 17.2 Å². The molecule has 9 nitrogen and oxygen atoms in total. The highest BCUT2D eigenvalue weighted by Crippen LogP contribution is 2.25. The monoisotopic (exact) mass is 544 g/mol. The van der Waals surface area contributed by atoms with Crippen LogP contribution in [0, 0.1) is 0 Å². The van der Waals surface area contributed by atoms with Gasteiger partial charge in [0.25, 0.3) is 11.5 Å². The van der Waals surface area contributed by atoms with Gasteiger partial charge in [0.05, 0.1) is 23.0 Å². The Morgan fingerprint density at radius 3 is 2.50 bits per heavy atom. The highest BCUT2D eigenvalue weighted by molar-refractivity contribution is 6.08. The third-order valence-corrected chi connectivity index (χ3v) is 6.60. The Balaban J connectivity index is 1.91. The van der Waals surface area contributed by atoms with Crippen molar-refractivity contribution in [2.24, 2.45) is 0 Å². The minimum Gasteiger partial charge on any atom is -0.481 e. The molecule has 3 N–H and O–H groups in total. The average Bonchev–Trinajstić information content (AvgIpc) is 3.26. The van der Waals surface area contributed by atoms with E-state index in [-0.39, 0.29) is 31.8 Å². The van der Waals surface area contributed by atoms with E-state index in [1.165, 1.54) is 4.57 Å². The zero-order chi connectivity index (χ0) is 29.0. The van der Waals surface area contributed by atoms with Crippen LogP contribution >= 0.6 is 0 Å². The van der Waals surface area contributed by atoms with Crippen LogP contribution in [0.3, 0.4) is 0 Å². The van der Waals surface area contributed by atoms with E-state index in [1.54, 1.807) is 12.1 Å². The number of allylic oxidation sites excluding steroid dienone is 1. The van der Waals surface area contributed by atoms with Crippen LogP contribution < -0.4 is 16.6 Å². The van der Waals surface area contributed by atoms with E-state index >= 15 is 0 Å². The van der Waals surface area contributed by atoms with Gasteiger partial charge in [0.15, 0.2) is 0 Å². The number of para-hydroxylation sites is 1. The van der Waals surface area contributed by atoms with E-state index in [4.69, 9.17) is 5.11 Å². The van der Waals surface area contributed by atoms with E-state index in [1.807, 2.05) is 63.3 Å². The Bertz CT molecular complexity index is 1720. The van der Waals surface area contributed by atoms with Crippen molar-refractivity contribution in [1.82, 2.24) is 19.4 Å². The van der Waals surface area contributed by atoms with Gasteiger partial charge in [-0.15, -0.1) is 0 Å². The number of aromatic nitrogens is 3. The largest absolute Gasteiger partial charge is 0.481 e. The van der Waals surface area contributed by atoms with Gasteiger partial charge in [0.2, 0.25) is 0 Å². The van der Waals surface area contributed by atoms with Gasteiger partial charge < -0.3 is 15.4 Å². The molecule has 0 aliphatic carbocycles. The van der Waals surface area contributed by atoms with Gasteiger partial charge in [-0.25, -0.2) is 4.79 Å². The minimum absolute atomic E-state index is 0.0150. The van der Waals surface area contributed by atoms with Crippen molar-refractivity contribution in [2.75, 3.05) is 0 Å². The number of nitrogens with one attached hydrogen (secondary N) is 2. The van der Waals surface area contributed by atoms with Crippen LogP contribution in [0.1, 0.15) is 75.0 Å². The number of unbranched alkanes of at least 4 members (excludes halogenated alkanes) is 1. The predicted molar refractivity (Wildman–Crippen MR) is 158 cm³/mol. The van der Waals surface area contributed by atoms with Crippen LogP contribution in [0.4, 0.5) is 0 Å². The Hall–Kier alpha value is -4.40. The van der Waals surface area contributed by atoms with Crippen LogP contribution in [0.5, 0.6) is 0 Å². The molecule has 0 aliphatic rings. The first-order valence-electron chi connectivity index (χ1n) is 13.6. The second-order valence-electron chi connectivity index (χ2n) is 11.0. The van der Waals surface area contributed by atoms with Crippen molar-refractivity contribution < 1.29 is 14.7 Å². The van der Waals surface area contributed by atoms with E-state index in [0.717, 1.165) is 33.9 Å². The Labute approximate surface area is 232 Å². The van der Waals surface area contributed by atoms with E-state index in [0.29, 0.717) is 22.2 Å². The Kier molecular flexibility index (Phi) is 8.42. The average molecular weight is 545 g/mol. The number of carboxylic acids is 1. The number of benzene rings is 2. The molecule has 0 atom stereocenters. The van der Waals surface area contributed by atoms with Crippen molar-refractivity contribution in [3.05, 3.63) is 86.2 Å². The normalized spacial score (nSPS) is 12.0. The van der Waals surface area contributed by atoms with Gasteiger partial charge in [-0.1, -0.05) is 49.8 Å². The SMILES string of the molecule is CCCC=Cc1ccc2c(c1)c(=O)n(CCCC(=O)O)c(=O)n2Cc1[nH]c2ccccc2c1C(=O)NC(C)(C)C. The molecule has 9 heteroatoms. The van der Waals surface area contributed by atoms with Gasteiger partial charge in [-0.3, -0.25) is 23.5 Å². The first kappa shape index (κ1) is 28.6. The third-order valence-electron chi connectivity index (χ3n) is 6.60. The predicted octanol–water partition coefficient (Wildman–Crippen LogP) is 4.90. The maximum absolute atomic E-state index is 13.8. The molecule has 210 valence electrons. The number of aliphatic carboxylic acids is 1. The lowest BCUT2D eigenvalue weighted by atomic mass is 10.1. The van der Waals surface area contributed by atoms with Crippen molar-refractivity contribution in [1.29, 1.82) is 0 Å². The summed E-state index contributed by atoms with van der Waals surface area (Å²) in [5, 5.41) is 13.2. The summed E-state index contributed by atoms with van der Waals surface area (Å²) in [7, 11) is 0. The number of hydrogen-bond acceptors (Lipinski definition) is 4. The van der Waals surface area contributed by atoms with Crippen LogP contribution in [-0.4, -0.2) is 36.6 Å². The highest BCUT2D eigenvalue weighted by atomic mass is 16.4. The number of amides is 1. The lowest BCUT2D eigenvalue weighted by Gasteiger charge is -2.21. The molecular weight excluding hydrogens is 508 g/mol. The molecule has 0 saturated heterocycles. The summed E-state index contributed by atoms with van der Waals surface area (Å²) in [4.78, 5) is 55.1. The Morgan fingerprint density at radius 2 is 1.80 bits per heavy atom. The van der Waals surface area contributed by atoms with Crippen LogP contribution in [0.2, 0.25) is 0 Å².